The lowest BCUT2D eigenvalue weighted by Gasteiger charge is -2.33. The number of carbonyl (C=O) groups excluding carboxylic acids is 1. The number of nitrogens with zero attached hydrogens (tertiary/aromatic N) is 4. The number of furan rings is 1. The summed E-state index contributed by atoms with van der Waals surface area (Å²) in [6.07, 6.45) is 5.87. The number of imidazole rings is 1. The normalized spacial score (nSPS) is 16.4. The van der Waals surface area contributed by atoms with Crippen molar-refractivity contribution in [3.05, 3.63) is 90.0 Å². The van der Waals surface area contributed by atoms with E-state index in [1.54, 1.807) is 17.0 Å². The molecule has 0 fully saturated rings. The first-order valence-corrected chi connectivity index (χ1v) is 9.53. The molecule has 0 spiro atoms. The van der Waals surface area contributed by atoms with Crippen molar-refractivity contribution in [1.82, 2.24) is 24.5 Å². The number of para-hydroxylation sites is 1. The molecule has 7 nitrogen and oxygen atoms in total. The van der Waals surface area contributed by atoms with Crippen LogP contribution in [0.5, 0.6) is 0 Å². The van der Waals surface area contributed by atoms with Crippen molar-refractivity contribution in [2.24, 2.45) is 0 Å². The Balaban J connectivity index is 1.49. The fourth-order valence-corrected chi connectivity index (χ4v) is 4.17. The number of aromatic amines is 1. The Bertz CT molecular complexity index is 1330. The molecule has 4 aromatic heterocycles. The van der Waals surface area contributed by atoms with Crippen LogP contribution in [0.2, 0.25) is 0 Å². The standard InChI is InChI=1S/C22H17N5O2/c28-22(15-12-25-27-9-4-3-6-17(15)27)26-10-8-16-20(24-13-23-16)21(26)19-11-14-5-1-2-7-18(14)29-19/h1-7,9,11-13,21H,8,10H2,(H,23,24)/t21-/m1/s1. The smallest absolute Gasteiger partial charge is 0.258 e. The highest BCUT2D eigenvalue weighted by atomic mass is 16.3. The molecule has 1 N–H and O–H groups in total. The maximum atomic E-state index is 13.6. The molecule has 1 aromatic carbocycles. The lowest BCUT2D eigenvalue weighted by Crippen LogP contribution is -2.40. The maximum Gasteiger partial charge on any atom is 0.258 e. The van der Waals surface area contributed by atoms with Crippen LogP contribution in [0.4, 0.5) is 0 Å². The first-order chi connectivity index (χ1) is 14.3. The Morgan fingerprint density at radius 3 is 3.00 bits per heavy atom. The quantitative estimate of drug-likeness (QED) is 0.505. The molecule has 0 saturated carbocycles. The summed E-state index contributed by atoms with van der Waals surface area (Å²) in [5, 5.41) is 5.33. The van der Waals surface area contributed by atoms with Gasteiger partial charge in [0.05, 0.1) is 29.3 Å². The molecule has 1 aliphatic rings. The van der Waals surface area contributed by atoms with E-state index in [2.05, 4.69) is 15.1 Å². The number of benzene rings is 1. The maximum absolute atomic E-state index is 13.6. The molecule has 1 aliphatic heterocycles. The number of pyridine rings is 1. The van der Waals surface area contributed by atoms with Crippen molar-refractivity contribution in [3.8, 4) is 0 Å². The van der Waals surface area contributed by atoms with Crippen molar-refractivity contribution in [1.29, 1.82) is 0 Å². The molecule has 0 unspecified atom stereocenters. The van der Waals surface area contributed by atoms with Crippen LogP contribution in [-0.2, 0) is 6.42 Å². The topological polar surface area (TPSA) is 79.4 Å². The molecular weight excluding hydrogens is 366 g/mol. The van der Waals surface area contributed by atoms with Gasteiger partial charge in [-0.1, -0.05) is 24.3 Å². The van der Waals surface area contributed by atoms with Gasteiger partial charge < -0.3 is 14.3 Å². The van der Waals surface area contributed by atoms with Crippen molar-refractivity contribution < 1.29 is 9.21 Å². The van der Waals surface area contributed by atoms with Gasteiger partial charge in [-0.2, -0.15) is 5.10 Å². The van der Waals surface area contributed by atoms with Crippen molar-refractivity contribution >= 4 is 22.4 Å². The van der Waals surface area contributed by atoms with E-state index in [-0.39, 0.29) is 11.9 Å². The Labute approximate surface area is 165 Å². The van der Waals surface area contributed by atoms with E-state index in [0.717, 1.165) is 34.3 Å². The van der Waals surface area contributed by atoms with Gasteiger partial charge in [-0.25, -0.2) is 9.50 Å². The summed E-state index contributed by atoms with van der Waals surface area (Å²) in [5.41, 5.74) is 4.03. The number of hydrogen-bond acceptors (Lipinski definition) is 4. The van der Waals surface area contributed by atoms with Gasteiger partial charge in [0.25, 0.3) is 5.91 Å². The number of nitrogens with one attached hydrogen (secondary N) is 1. The van der Waals surface area contributed by atoms with Crippen LogP contribution in [0.25, 0.3) is 16.5 Å². The fourth-order valence-electron chi connectivity index (χ4n) is 4.17. The Morgan fingerprint density at radius 1 is 1.17 bits per heavy atom. The highest BCUT2D eigenvalue weighted by molar-refractivity contribution is 6.01. The van der Waals surface area contributed by atoms with Crippen LogP contribution in [0.3, 0.4) is 0 Å². The first-order valence-electron chi connectivity index (χ1n) is 9.53. The average Bonchev–Trinajstić information content (AvgIpc) is 3.49. The molecule has 0 bridgehead atoms. The molecule has 0 saturated heterocycles. The molecular formula is C22H17N5O2. The second kappa shape index (κ2) is 6.07. The Hall–Kier alpha value is -3.87. The summed E-state index contributed by atoms with van der Waals surface area (Å²) in [6.45, 7) is 0.569. The summed E-state index contributed by atoms with van der Waals surface area (Å²) >= 11 is 0. The highest BCUT2D eigenvalue weighted by Gasteiger charge is 2.37. The fraction of sp³-hybridized carbons (Fsp3) is 0.136. The minimum Gasteiger partial charge on any atom is -0.458 e. The van der Waals surface area contributed by atoms with Gasteiger partial charge in [-0.05, 0) is 24.3 Å². The van der Waals surface area contributed by atoms with Gasteiger partial charge in [0.2, 0.25) is 0 Å². The van der Waals surface area contributed by atoms with Crippen molar-refractivity contribution in [3.63, 3.8) is 0 Å². The third-order valence-corrected chi connectivity index (χ3v) is 5.56. The summed E-state index contributed by atoms with van der Waals surface area (Å²) in [5.74, 6) is 0.634. The van der Waals surface area contributed by atoms with E-state index in [1.807, 2.05) is 59.6 Å². The Kier molecular flexibility index (Phi) is 3.37. The summed E-state index contributed by atoms with van der Waals surface area (Å²) in [4.78, 5) is 23.2. The van der Waals surface area contributed by atoms with E-state index in [9.17, 15) is 4.79 Å². The second-order valence-electron chi connectivity index (χ2n) is 7.19. The molecule has 1 atom stereocenters. The zero-order chi connectivity index (χ0) is 19.4. The lowest BCUT2D eigenvalue weighted by atomic mass is 9.99. The minimum atomic E-state index is -0.386. The molecule has 7 heteroatoms. The van der Waals surface area contributed by atoms with E-state index >= 15 is 0 Å². The van der Waals surface area contributed by atoms with Crippen molar-refractivity contribution in [2.45, 2.75) is 12.5 Å². The monoisotopic (exact) mass is 383 g/mol. The molecule has 6 rings (SSSR count). The van der Waals surface area contributed by atoms with Gasteiger partial charge in [0.15, 0.2) is 0 Å². The number of hydrogen-bond donors (Lipinski definition) is 1. The van der Waals surface area contributed by atoms with E-state index < -0.39 is 0 Å². The molecule has 5 aromatic rings. The number of rotatable bonds is 2. The molecule has 5 heterocycles. The molecule has 142 valence electrons. The summed E-state index contributed by atoms with van der Waals surface area (Å²) in [6, 6.07) is 15.2. The summed E-state index contributed by atoms with van der Waals surface area (Å²) < 4.78 is 7.87. The predicted octanol–water partition coefficient (Wildman–Crippen LogP) is 3.59. The third kappa shape index (κ3) is 2.40. The predicted molar refractivity (Wildman–Crippen MR) is 107 cm³/mol. The molecule has 1 amide bonds. The molecule has 0 radical (unpaired) electrons. The summed E-state index contributed by atoms with van der Waals surface area (Å²) in [7, 11) is 0. The van der Waals surface area contributed by atoms with Crippen LogP contribution < -0.4 is 0 Å². The average molecular weight is 383 g/mol. The van der Waals surface area contributed by atoms with Crippen LogP contribution in [0.15, 0.2) is 71.7 Å². The van der Waals surface area contributed by atoms with Gasteiger partial charge >= 0.3 is 0 Å². The highest BCUT2D eigenvalue weighted by Crippen LogP contribution is 2.37. The molecule has 0 aliphatic carbocycles. The SMILES string of the molecule is O=C(c1cnn2ccccc12)N1CCc2[nH]cnc2[C@H]1c1cc2ccccc2o1. The van der Waals surface area contributed by atoms with Crippen LogP contribution in [0, 0.1) is 0 Å². The third-order valence-electron chi connectivity index (χ3n) is 5.56. The number of fused-ring (bicyclic) bond motifs is 3. The van der Waals surface area contributed by atoms with Crippen LogP contribution in [-0.4, -0.2) is 36.9 Å². The van der Waals surface area contributed by atoms with Gasteiger partial charge in [-0.3, -0.25) is 4.79 Å². The lowest BCUT2D eigenvalue weighted by molar-refractivity contribution is 0.0675. The van der Waals surface area contributed by atoms with Gasteiger partial charge in [-0.15, -0.1) is 0 Å². The number of carbonyl (C=O) groups is 1. The van der Waals surface area contributed by atoms with Gasteiger partial charge in [0.1, 0.15) is 17.4 Å². The molecule has 29 heavy (non-hydrogen) atoms. The first kappa shape index (κ1) is 16.1. The van der Waals surface area contributed by atoms with Crippen LogP contribution in [0.1, 0.15) is 33.5 Å². The van der Waals surface area contributed by atoms with E-state index in [4.69, 9.17) is 4.42 Å². The van der Waals surface area contributed by atoms with Crippen molar-refractivity contribution in [2.75, 3.05) is 6.54 Å². The number of aromatic nitrogens is 4. The van der Waals surface area contributed by atoms with Crippen LogP contribution >= 0.6 is 0 Å². The van der Waals surface area contributed by atoms with E-state index in [0.29, 0.717) is 17.9 Å². The van der Waals surface area contributed by atoms with Gasteiger partial charge in [0, 0.05) is 30.2 Å². The Morgan fingerprint density at radius 2 is 2.07 bits per heavy atom. The second-order valence-corrected chi connectivity index (χ2v) is 7.19. The zero-order valence-electron chi connectivity index (χ0n) is 15.4. The number of amides is 1. The largest absolute Gasteiger partial charge is 0.458 e. The number of H-pyrrole nitrogens is 1. The zero-order valence-corrected chi connectivity index (χ0v) is 15.4. The van der Waals surface area contributed by atoms with E-state index in [1.165, 1.54) is 0 Å². The minimum absolute atomic E-state index is 0.0784.